The molecular weight excluding hydrogens is 482 g/mol. The topological polar surface area (TPSA) is 108 Å². The number of carbonyl (C=O) groups excluding carboxylic acids is 3. The summed E-state index contributed by atoms with van der Waals surface area (Å²) in [6, 6.07) is 11.7. The molecule has 5 unspecified atom stereocenters. The van der Waals surface area contributed by atoms with Gasteiger partial charge in [-0.3, -0.25) is 9.59 Å². The van der Waals surface area contributed by atoms with Crippen molar-refractivity contribution in [3.63, 3.8) is 0 Å². The van der Waals surface area contributed by atoms with Crippen molar-refractivity contribution in [2.45, 2.75) is 85.0 Å². The number of hydrogen-bond donors (Lipinski definition) is 3. The van der Waals surface area contributed by atoms with Crippen LogP contribution in [0, 0.1) is 18.8 Å². The molecule has 1 aliphatic carbocycles. The molecule has 0 spiro atoms. The summed E-state index contributed by atoms with van der Waals surface area (Å²) in [5.74, 6) is -0.775. The number of phenolic OH excluding ortho intramolecular Hbond substituents is 1. The number of carbonyl (C=O) groups is 3. The van der Waals surface area contributed by atoms with Gasteiger partial charge in [0.15, 0.2) is 0 Å². The zero-order valence-electron chi connectivity index (χ0n) is 23.4. The maximum atomic E-state index is 14.3. The highest BCUT2D eigenvalue weighted by Crippen LogP contribution is 2.42. The monoisotopic (exact) mass is 523 g/mol. The molecule has 8 heteroatoms. The van der Waals surface area contributed by atoms with Crippen molar-refractivity contribution in [3.8, 4) is 5.75 Å². The van der Waals surface area contributed by atoms with Crippen LogP contribution in [0.15, 0.2) is 48.5 Å². The van der Waals surface area contributed by atoms with E-state index in [0.29, 0.717) is 17.7 Å². The lowest BCUT2D eigenvalue weighted by atomic mass is 9.95. The quantitative estimate of drug-likeness (QED) is 0.399. The number of benzene rings is 2. The van der Waals surface area contributed by atoms with E-state index in [0.717, 1.165) is 12.0 Å². The summed E-state index contributed by atoms with van der Waals surface area (Å²) in [7, 11) is 0. The fraction of sp³-hybridized carbons (Fsp3) is 0.500. The van der Waals surface area contributed by atoms with E-state index in [-0.39, 0.29) is 29.5 Å². The van der Waals surface area contributed by atoms with E-state index in [1.165, 1.54) is 12.1 Å². The van der Waals surface area contributed by atoms with Crippen molar-refractivity contribution in [2.75, 3.05) is 5.32 Å². The second-order valence-corrected chi connectivity index (χ2v) is 11.3. The van der Waals surface area contributed by atoms with Crippen molar-refractivity contribution in [1.82, 2.24) is 10.2 Å². The molecule has 3 N–H and O–H groups in total. The Morgan fingerprint density at radius 3 is 2.34 bits per heavy atom. The highest BCUT2D eigenvalue weighted by Gasteiger charge is 2.49. The Balaban J connectivity index is 2.05. The van der Waals surface area contributed by atoms with Crippen LogP contribution in [0.2, 0.25) is 0 Å². The van der Waals surface area contributed by atoms with Crippen LogP contribution in [0.4, 0.5) is 10.5 Å². The molecule has 2 aromatic carbocycles. The smallest absolute Gasteiger partial charge is 0.408 e. The molecule has 0 radical (unpaired) electrons. The van der Waals surface area contributed by atoms with Gasteiger partial charge < -0.3 is 25.4 Å². The standard InChI is InChI=1S/C30H41N3O5/c1-8-18(2)25(32-29(37)38-30(5,6)7)28(36)33(24-16-20(24)4)26(21-13-11-14-22(34)17-21)27(35)31-23-15-10-9-12-19(23)3/h9-15,17-18,20,24-26,34H,8,16H2,1-7H3,(H,31,35)(H,32,37). The summed E-state index contributed by atoms with van der Waals surface area (Å²) >= 11 is 0. The number of nitrogens with one attached hydrogen (secondary N) is 2. The lowest BCUT2D eigenvalue weighted by molar-refractivity contribution is -0.142. The molecule has 3 amide bonds. The van der Waals surface area contributed by atoms with Crippen LogP contribution in [-0.2, 0) is 14.3 Å². The van der Waals surface area contributed by atoms with Gasteiger partial charge in [-0.25, -0.2) is 4.79 Å². The van der Waals surface area contributed by atoms with Crippen LogP contribution in [-0.4, -0.2) is 45.6 Å². The van der Waals surface area contributed by atoms with Gasteiger partial charge >= 0.3 is 6.09 Å². The van der Waals surface area contributed by atoms with E-state index >= 15 is 0 Å². The van der Waals surface area contributed by atoms with Crippen molar-refractivity contribution in [2.24, 2.45) is 11.8 Å². The number of alkyl carbamates (subject to hydrolysis) is 1. The Kier molecular flexibility index (Phi) is 9.07. The van der Waals surface area contributed by atoms with Gasteiger partial charge in [0.25, 0.3) is 5.91 Å². The van der Waals surface area contributed by atoms with Crippen LogP contribution in [0.1, 0.15) is 71.6 Å². The molecule has 1 fully saturated rings. The van der Waals surface area contributed by atoms with Crippen molar-refractivity contribution in [1.29, 1.82) is 0 Å². The molecule has 38 heavy (non-hydrogen) atoms. The number of aryl methyl sites for hydroxylation is 1. The molecule has 0 aliphatic heterocycles. The van der Waals surface area contributed by atoms with E-state index in [1.807, 2.05) is 52.0 Å². The lowest BCUT2D eigenvalue weighted by Gasteiger charge is -2.36. The third-order valence-corrected chi connectivity index (χ3v) is 6.95. The summed E-state index contributed by atoms with van der Waals surface area (Å²) in [5.41, 5.74) is 1.29. The molecule has 1 saturated carbocycles. The number of rotatable bonds is 9. The van der Waals surface area contributed by atoms with Crippen LogP contribution in [0.25, 0.3) is 0 Å². The Morgan fingerprint density at radius 1 is 1.13 bits per heavy atom. The molecule has 8 nitrogen and oxygen atoms in total. The molecule has 206 valence electrons. The fourth-order valence-corrected chi connectivity index (χ4v) is 4.50. The predicted octanol–water partition coefficient (Wildman–Crippen LogP) is 5.56. The van der Waals surface area contributed by atoms with Crippen LogP contribution in [0.3, 0.4) is 0 Å². The molecule has 2 aromatic rings. The van der Waals surface area contributed by atoms with Gasteiger partial charge in [0.05, 0.1) is 0 Å². The average molecular weight is 524 g/mol. The zero-order chi connectivity index (χ0) is 28.2. The molecule has 1 aliphatic rings. The van der Waals surface area contributed by atoms with E-state index in [4.69, 9.17) is 4.74 Å². The predicted molar refractivity (Wildman–Crippen MR) is 148 cm³/mol. The maximum Gasteiger partial charge on any atom is 0.408 e. The summed E-state index contributed by atoms with van der Waals surface area (Å²) in [5, 5.41) is 16.0. The maximum absolute atomic E-state index is 14.3. The van der Waals surface area contributed by atoms with Crippen LogP contribution >= 0.6 is 0 Å². The lowest BCUT2D eigenvalue weighted by Crippen LogP contribution is -2.55. The first kappa shape index (κ1) is 29.0. The number of hydrogen-bond acceptors (Lipinski definition) is 5. The molecule has 0 bridgehead atoms. The number of nitrogens with zero attached hydrogens (tertiary/aromatic N) is 1. The molecule has 5 atom stereocenters. The first-order chi connectivity index (χ1) is 17.8. The van der Waals surface area contributed by atoms with Gasteiger partial charge in [-0.15, -0.1) is 0 Å². The Hall–Kier alpha value is -3.55. The first-order valence-electron chi connectivity index (χ1n) is 13.3. The molecule has 0 aromatic heterocycles. The number of aromatic hydroxyl groups is 1. The van der Waals surface area contributed by atoms with Gasteiger partial charge in [0, 0.05) is 11.7 Å². The summed E-state index contributed by atoms with van der Waals surface area (Å²) < 4.78 is 5.46. The molecule has 0 heterocycles. The van der Waals surface area contributed by atoms with E-state index in [2.05, 4.69) is 10.6 Å². The second-order valence-electron chi connectivity index (χ2n) is 11.3. The largest absolute Gasteiger partial charge is 0.508 e. The minimum atomic E-state index is -1.02. The third-order valence-electron chi connectivity index (χ3n) is 6.95. The highest BCUT2D eigenvalue weighted by atomic mass is 16.6. The number of ether oxygens (including phenoxy) is 1. The summed E-state index contributed by atoms with van der Waals surface area (Å²) in [6.07, 6.45) is 0.684. The third kappa shape index (κ3) is 7.27. The minimum absolute atomic E-state index is 0.00204. The van der Waals surface area contributed by atoms with Gasteiger partial charge in [0.2, 0.25) is 5.91 Å². The van der Waals surface area contributed by atoms with Gasteiger partial charge in [-0.1, -0.05) is 57.5 Å². The molecule has 0 saturated heterocycles. The molecule has 3 rings (SSSR count). The number of para-hydroxylation sites is 1. The Morgan fingerprint density at radius 2 is 1.79 bits per heavy atom. The van der Waals surface area contributed by atoms with Gasteiger partial charge in [-0.2, -0.15) is 0 Å². The second kappa shape index (κ2) is 11.9. The SMILES string of the molecule is CCC(C)C(NC(=O)OC(C)(C)C)C(=O)N(C(C(=O)Nc1ccccc1C)c1cccc(O)c1)C1CC1C. The van der Waals surface area contributed by atoms with Crippen LogP contribution < -0.4 is 10.6 Å². The average Bonchev–Trinajstić information content (AvgIpc) is 3.55. The van der Waals surface area contributed by atoms with E-state index in [9.17, 15) is 19.5 Å². The van der Waals surface area contributed by atoms with E-state index in [1.54, 1.807) is 37.8 Å². The zero-order valence-corrected chi connectivity index (χ0v) is 23.4. The highest BCUT2D eigenvalue weighted by molar-refractivity contribution is 5.99. The molecular formula is C30H41N3O5. The van der Waals surface area contributed by atoms with Crippen molar-refractivity contribution in [3.05, 3.63) is 59.7 Å². The fourth-order valence-electron chi connectivity index (χ4n) is 4.50. The number of anilines is 1. The van der Waals surface area contributed by atoms with Gasteiger partial charge in [-0.05, 0) is 75.3 Å². The first-order valence-corrected chi connectivity index (χ1v) is 13.3. The van der Waals surface area contributed by atoms with Crippen LogP contribution in [0.5, 0.6) is 5.75 Å². The normalized spacial score (nSPS) is 19.0. The van der Waals surface area contributed by atoms with E-state index < -0.39 is 29.7 Å². The number of amides is 3. The van der Waals surface area contributed by atoms with Gasteiger partial charge in [0.1, 0.15) is 23.4 Å². The Bertz CT molecular complexity index is 1160. The summed E-state index contributed by atoms with van der Waals surface area (Å²) in [4.78, 5) is 42.6. The Labute approximate surface area is 225 Å². The van der Waals surface area contributed by atoms with Crippen molar-refractivity contribution < 1.29 is 24.2 Å². The summed E-state index contributed by atoms with van der Waals surface area (Å²) in [6.45, 7) is 13.1. The van der Waals surface area contributed by atoms with Crippen molar-refractivity contribution >= 4 is 23.6 Å². The minimum Gasteiger partial charge on any atom is -0.508 e. The number of phenols is 1.